The van der Waals surface area contributed by atoms with Gasteiger partial charge < -0.3 is 14.8 Å². The average Bonchev–Trinajstić information content (AvgIpc) is 2.43. The predicted molar refractivity (Wildman–Crippen MR) is 54.4 cm³/mol. The van der Waals surface area contributed by atoms with Crippen LogP contribution in [0.25, 0.3) is 0 Å². The van der Waals surface area contributed by atoms with Crippen molar-refractivity contribution in [2.24, 2.45) is 0 Å². The fourth-order valence-corrected chi connectivity index (χ4v) is 1.07. The number of imidazole rings is 1. The highest BCUT2D eigenvalue weighted by molar-refractivity contribution is 5.85. The van der Waals surface area contributed by atoms with Gasteiger partial charge >= 0.3 is 5.97 Å². The Kier molecular flexibility index (Phi) is 3.14. The van der Waals surface area contributed by atoms with E-state index in [4.69, 9.17) is 9.84 Å². The quantitative estimate of drug-likeness (QED) is 0.721. The van der Waals surface area contributed by atoms with Crippen molar-refractivity contribution in [2.75, 3.05) is 0 Å². The number of carbonyl (C=O) groups excluding carboxylic acids is 1. The lowest BCUT2D eigenvalue weighted by Crippen LogP contribution is -2.24. The summed E-state index contributed by atoms with van der Waals surface area (Å²) >= 11 is 0. The minimum atomic E-state index is -0.544. The monoisotopic (exact) mass is 212 g/mol. The molecule has 1 heterocycles. The van der Waals surface area contributed by atoms with Crippen molar-refractivity contribution >= 4 is 5.97 Å². The molecule has 84 valence electrons. The number of rotatable bonds is 2. The first-order chi connectivity index (χ1) is 6.83. The summed E-state index contributed by atoms with van der Waals surface area (Å²) < 4.78 is 5.12. The number of esters is 1. The molecule has 5 nitrogen and oxygen atoms in total. The molecule has 0 spiro atoms. The Balaban J connectivity index is 2.83. The molecule has 1 aromatic rings. The Morgan fingerprint density at radius 1 is 1.53 bits per heavy atom. The van der Waals surface area contributed by atoms with Crippen molar-refractivity contribution in [3.63, 3.8) is 0 Å². The number of aromatic amines is 1. The number of hydrogen-bond acceptors (Lipinski definition) is 4. The molecule has 0 fully saturated rings. The van der Waals surface area contributed by atoms with Crippen molar-refractivity contribution in [3.8, 4) is 0 Å². The van der Waals surface area contributed by atoms with Gasteiger partial charge in [0.15, 0.2) is 0 Å². The summed E-state index contributed by atoms with van der Waals surface area (Å²) in [7, 11) is 0. The molecule has 0 amide bonds. The van der Waals surface area contributed by atoms with Crippen molar-refractivity contribution in [2.45, 2.75) is 39.9 Å². The summed E-state index contributed by atoms with van der Waals surface area (Å²) in [5, 5.41) is 8.91. The van der Waals surface area contributed by atoms with Crippen LogP contribution >= 0.6 is 0 Å². The number of aryl methyl sites for hydroxylation is 1. The van der Waals surface area contributed by atoms with Crippen LogP contribution in [0, 0.1) is 6.92 Å². The van der Waals surface area contributed by atoms with E-state index in [2.05, 4.69) is 9.97 Å². The van der Waals surface area contributed by atoms with Crippen molar-refractivity contribution in [1.29, 1.82) is 0 Å². The maximum atomic E-state index is 11.5. The van der Waals surface area contributed by atoms with E-state index in [-0.39, 0.29) is 12.4 Å². The molecular formula is C10H16N2O3. The highest BCUT2D eigenvalue weighted by Gasteiger charge is 2.21. The Morgan fingerprint density at radius 2 is 2.13 bits per heavy atom. The van der Waals surface area contributed by atoms with E-state index in [0.717, 1.165) is 0 Å². The van der Waals surface area contributed by atoms with Crippen LogP contribution in [-0.2, 0) is 11.3 Å². The Morgan fingerprint density at radius 3 is 2.53 bits per heavy atom. The first-order valence-corrected chi connectivity index (χ1v) is 4.73. The van der Waals surface area contributed by atoms with Crippen molar-refractivity contribution in [1.82, 2.24) is 9.97 Å². The van der Waals surface area contributed by atoms with E-state index in [1.165, 1.54) is 0 Å². The fourth-order valence-electron chi connectivity index (χ4n) is 1.07. The van der Waals surface area contributed by atoms with E-state index in [1.807, 2.05) is 0 Å². The maximum absolute atomic E-state index is 11.5. The van der Waals surface area contributed by atoms with Crippen molar-refractivity contribution < 1.29 is 14.6 Å². The zero-order chi connectivity index (χ0) is 11.6. The lowest BCUT2D eigenvalue weighted by molar-refractivity contribution is 0.00564. The van der Waals surface area contributed by atoms with Gasteiger partial charge in [0.05, 0.1) is 12.3 Å². The third-order valence-corrected chi connectivity index (χ3v) is 1.73. The molecule has 0 saturated carbocycles. The van der Waals surface area contributed by atoms with Crippen LogP contribution in [0.15, 0.2) is 0 Å². The molecular weight excluding hydrogens is 196 g/mol. The third kappa shape index (κ3) is 3.06. The summed E-state index contributed by atoms with van der Waals surface area (Å²) in [6.45, 7) is 6.91. The first-order valence-electron chi connectivity index (χ1n) is 4.73. The van der Waals surface area contributed by atoms with Gasteiger partial charge in [0.2, 0.25) is 5.82 Å². The summed E-state index contributed by atoms with van der Waals surface area (Å²) in [4.78, 5) is 18.2. The van der Waals surface area contributed by atoms with Gasteiger partial charge in [-0.25, -0.2) is 9.78 Å². The molecule has 0 aromatic carbocycles. The van der Waals surface area contributed by atoms with Crippen molar-refractivity contribution in [3.05, 3.63) is 17.2 Å². The smallest absolute Gasteiger partial charge is 0.374 e. The molecule has 1 rings (SSSR count). The topological polar surface area (TPSA) is 75.2 Å². The van der Waals surface area contributed by atoms with Gasteiger partial charge in [0.1, 0.15) is 5.60 Å². The van der Waals surface area contributed by atoms with Crippen LogP contribution in [0.5, 0.6) is 0 Å². The van der Waals surface area contributed by atoms with Crippen LogP contribution in [0.2, 0.25) is 0 Å². The minimum Gasteiger partial charge on any atom is -0.454 e. The molecule has 0 bridgehead atoms. The molecule has 0 aliphatic rings. The Bertz CT molecular complexity index is 363. The zero-order valence-corrected chi connectivity index (χ0v) is 9.42. The van der Waals surface area contributed by atoms with Crippen LogP contribution in [0.4, 0.5) is 0 Å². The van der Waals surface area contributed by atoms with Crippen LogP contribution < -0.4 is 0 Å². The maximum Gasteiger partial charge on any atom is 0.374 e. The van der Waals surface area contributed by atoms with E-state index < -0.39 is 11.6 Å². The number of nitrogens with zero attached hydrogens (tertiary/aromatic N) is 1. The largest absolute Gasteiger partial charge is 0.454 e. The second kappa shape index (κ2) is 4.02. The number of carbonyl (C=O) groups is 1. The van der Waals surface area contributed by atoms with Gasteiger partial charge in [-0.3, -0.25) is 0 Å². The summed E-state index contributed by atoms with van der Waals surface area (Å²) in [6.07, 6.45) is 0. The highest BCUT2D eigenvalue weighted by Crippen LogP contribution is 2.12. The van der Waals surface area contributed by atoms with Gasteiger partial charge in [0.25, 0.3) is 0 Å². The summed E-state index contributed by atoms with van der Waals surface area (Å²) in [6, 6.07) is 0. The Hall–Kier alpha value is -1.36. The molecule has 0 radical (unpaired) electrons. The number of nitrogens with one attached hydrogen (secondary N) is 1. The van der Waals surface area contributed by atoms with E-state index in [9.17, 15) is 4.79 Å². The van der Waals surface area contributed by atoms with Gasteiger partial charge in [-0.05, 0) is 27.7 Å². The van der Waals surface area contributed by atoms with Crippen LogP contribution in [0.3, 0.4) is 0 Å². The van der Waals surface area contributed by atoms with Gasteiger partial charge in [-0.2, -0.15) is 0 Å². The molecule has 5 heteroatoms. The highest BCUT2D eigenvalue weighted by atomic mass is 16.6. The molecule has 0 aliphatic heterocycles. The lowest BCUT2D eigenvalue weighted by Gasteiger charge is -2.18. The lowest BCUT2D eigenvalue weighted by atomic mass is 10.2. The number of aromatic nitrogens is 2. The zero-order valence-electron chi connectivity index (χ0n) is 9.42. The van der Waals surface area contributed by atoms with Gasteiger partial charge in [0, 0.05) is 5.69 Å². The first kappa shape index (κ1) is 11.7. The summed E-state index contributed by atoms with van der Waals surface area (Å²) in [5.74, 6) is -0.378. The van der Waals surface area contributed by atoms with E-state index in [1.54, 1.807) is 27.7 Å². The second-order valence-corrected chi connectivity index (χ2v) is 4.32. The van der Waals surface area contributed by atoms with Crippen LogP contribution in [-0.4, -0.2) is 26.6 Å². The van der Waals surface area contributed by atoms with E-state index in [0.29, 0.717) is 11.4 Å². The molecule has 0 atom stereocenters. The number of aliphatic hydroxyl groups excluding tert-OH is 1. The third-order valence-electron chi connectivity index (χ3n) is 1.73. The SMILES string of the molecule is Cc1[nH]c(C(=O)OC(C)(C)C)nc1CO. The van der Waals surface area contributed by atoms with Gasteiger partial charge in [-0.15, -0.1) is 0 Å². The Labute approximate surface area is 88.5 Å². The van der Waals surface area contributed by atoms with Crippen LogP contribution in [0.1, 0.15) is 42.8 Å². The normalized spacial score (nSPS) is 11.5. The molecule has 0 unspecified atom stereocenters. The predicted octanol–water partition coefficient (Wildman–Crippen LogP) is 1.17. The van der Waals surface area contributed by atoms with E-state index >= 15 is 0 Å². The van der Waals surface area contributed by atoms with Gasteiger partial charge in [-0.1, -0.05) is 0 Å². The molecule has 0 saturated heterocycles. The minimum absolute atomic E-state index is 0.131. The summed E-state index contributed by atoms with van der Waals surface area (Å²) in [5.41, 5.74) is 0.603. The number of hydrogen-bond donors (Lipinski definition) is 2. The number of ether oxygens (including phenoxy) is 1. The molecule has 0 aliphatic carbocycles. The fraction of sp³-hybridized carbons (Fsp3) is 0.600. The number of aliphatic hydroxyl groups is 1. The molecule has 15 heavy (non-hydrogen) atoms. The molecule has 2 N–H and O–H groups in total. The molecule has 1 aromatic heterocycles. The average molecular weight is 212 g/mol. The number of H-pyrrole nitrogens is 1. The standard InChI is InChI=1S/C10H16N2O3/c1-6-7(5-13)12-8(11-6)9(14)15-10(2,3)4/h13H,5H2,1-4H3,(H,11,12). The second-order valence-electron chi connectivity index (χ2n) is 4.32.